The average Bonchev–Trinajstić information content (AvgIpc) is 2.79. The van der Waals surface area contributed by atoms with Gasteiger partial charge in [0.1, 0.15) is 5.75 Å². The lowest BCUT2D eigenvalue weighted by atomic mass is 10.1. The van der Waals surface area contributed by atoms with Gasteiger partial charge in [0, 0.05) is 17.6 Å². The molecule has 2 aliphatic heterocycles. The van der Waals surface area contributed by atoms with Crippen molar-refractivity contribution < 1.29 is 19.1 Å². The minimum Gasteiger partial charge on any atom is -0.477 e. The highest BCUT2D eigenvalue weighted by molar-refractivity contribution is 9.10. The van der Waals surface area contributed by atoms with Crippen molar-refractivity contribution in [2.24, 2.45) is 0 Å². The number of para-hydroxylation sites is 2. The maximum absolute atomic E-state index is 13.0. The zero-order valence-electron chi connectivity index (χ0n) is 17.4. The molecule has 8 heteroatoms. The Bertz CT molecular complexity index is 931. The van der Waals surface area contributed by atoms with Crippen molar-refractivity contribution in [3.8, 4) is 5.75 Å². The molecule has 164 valence electrons. The van der Waals surface area contributed by atoms with Crippen LogP contribution < -0.4 is 15.0 Å². The van der Waals surface area contributed by atoms with Crippen molar-refractivity contribution in [3.05, 3.63) is 58.6 Å². The fourth-order valence-corrected chi connectivity index (χ4v) is 4.13. The molecule has 2 aromatic rings. The van der Waals surface area contributed by atoms with Gasteiger partial charge in [0.15, 0.2) is 6.10 Å². The van der Waals surface area contributed by atoms with Crippen molar-refractivity contribution in [2.75, 3.05) is 44.3 Å². The first kappa shape index (κ1) is 21.6. The normalized spacial score (nSPS) is 19.2. The van der Waals surface area contributed by atoms with Gasteiger partial charge in [-0.25, -0.2) is 0 Å². The topological polar surface area (TPSA) is 71.1 Å². The van der Waals surface area contributed by atoms with E-state index in [-0.39, 0.29) is 24.4 Å². The zero-order valence-corrected chi connectivity index (χ0v) is 19.0. The van der Waals surface area contributed by atoms with Gasteiger partial charge in [0.25, 0.3) is 5.91 Å². The van der Waals surface area contributed by atoms with Crippen LogP contribution in [0.4, 0.5) is 5.69 Å². The van der Waals surface area contributed by atoms with Crippen LogP contribution in [0.2, 0.25) is 0 Å². The number of amides is 2. The Labute approximate surface area is 190 Å². The number of benzene rings is 2. The summed E-state index contributed by atoms with van der Waals surface area (Å²) in [7, 11) is 0. The molecule has 1 N–H and O–H groups in total. The SMILES string of the molecule is CC(NC(=O)CN1CC(C(=O)N2CCOCC2)Oc2ccccc21)c1ccc(Br)cc1. The number of rotatable bonds is 5. The number of hydrogen-bond donors (Lipinski definition) is 1. The number of halogens is 1. The molecule has 2 atom stereocenters. The van der Waals surface area contributed by atoms with Gasteiger partial charge in [-0.15, -0.1) is 0 Å². The number of hydrogen-bond acceptors (Lipinski definition) is 5. The van der Waals surface area contributed by atoms with Gasteiger partial charge in [-0.2, -0.15) is 0 Å². The lowest BCUT2D eigenvalue weighted by Gasteiger charge is -2.38. The van der Waals surface area contributed by atoms with Gasteiger partial charge in [0.2, 0.25) is 5.91 Å². The molecule has 0 bridgehead atoms. The van der Waals surface area contributed by atoms with E-state index in [1.54, 1.807) is 4.90 Å². The summed E-state index contributed by atoms with van der Waals surface area (Å²) in [6.07, 6.45) is -0.648. The standard InChI is InChI=1S/C23H26BrN3O4/c1-16(17-6-8-18(24)9-7-17)25-22(28)15-27-14-21(23(29)26-10-12-30-13-11-26)31-20-5-3-2-4-19(20)27/h2-9,16,21H,10-15H2,1H3,(H,25,28). The average molecular weight is 488 g/mol. The smallest absolute Gasteiger partial charge is 0.265 e. The number of anilines is 1. The summed E-state index contributed by atoms with van der Waals surface area (Å²) in [6, 6.07) is 15.3. The number of nitrogens with zero attached hydrogens (tertiary/aromatic N) is 2. The van der Waals surface area contributed by atoms with E-state index in [1.165, 1.54) is 0 Å². The second-order valence-corrected chi connectivity index (χ2v) is 8.65. The highest BCUT2D eigenvalue weighted by Gasteiger charge is 2.34. The summed E-state index contributed by atoms with van der Waals surface area (Å²) in [5, 5.41) is 3.05. The van der Waals surface area contributed by atoms with Crippen LogP contribution >= 0.6 is 15.9 Å². The van der Waals surface area contributed by atoms with Crippen LogP contribution in [0.5, 0.6) is 5.75 Å². The molecule has 2 aliphatic rings. The fourth-order valence-electron chi connectivity index (χ4n) is 3.87. The third-order valence-electron chi connectivity index (χ3n) is 5.54. The summed E-state index contributed by atoms with van der Waals surface area (Å²) < 4.78 is 12.4. The Hall–Kier alpha value is -2.58. The van der Waals surface area contributed by atoms with Crippen LogP contribution in [0.1, 0.15) is 18.5 Å². The van der Waals surface area contributed by atoms with E-state index in [9.17, 15) is 9.59 Å². The molecule has 31 heavy (non-hydrogen) atoms. The van der Waals surface area contributed by atoms with Crippen molar-refractivity contribution in [1.82, 2.24) is 10.2 Å². The second-order valence-electron chi connectivity index (χ2n) is 7.73. The quantitative estimate of drug-likeness (QED) is 0.701. The number of nitrogens with one attached hydrogen (secondary N) is 1. The molecule has 0 spiro atoms. The predicted molar refractivity (Wildman–Crippen MR) is 121 cm³/mol. The summed E-state index contributed by atoms with van der Waals surface area (Å²) in [6.45, 7) is 4.63. The molecule has 0 aromatic heterocycles. The molecule has 2 amide bonds. The lowest BCUT2D eigenvalue weighted by molar-refractivity contribution is -0.142. The number of ether oxygens (including phenoxy) is 2. The summed E-state index contributed by atoms with van der Waals surface area (Å²) in [5.74, 6) is 0.449. The van der Waals surface area contributed by atoms with E-state index in [0.717, 1.165) is 15.7 Å². The molecule has 0 radical (unpaired) electrons. The molecule has 0 aliphatic carbocycles. The maximum Gasteiger partial charge on any atom is 0.265 e. The third-order valence-corrected chi connectivity index (χ3v) is 6.07. The van der Waals surface area contributed by atoms with Gasteiger partial charge in [-0.05, 0) is 36.8 Å². The molecule has 2 aromatic carbocycles. The Morgan fingerprint density at radius 3 is 2.58 bits per heavy atom. The largest absolute Gasteiger partial charge is 0.477 e. The summed E-state index contributed by atoms with van der Waals surface area (Å²) in [5.41, 5.74) is 1.85. The monoisotopic (exact) mass is 487 g/mol. The molecular weight excluding hydrogens is 462 g/mol. The number of fused-ring (bicyclic) bond motifs is 1. The Balaban J connectivity index is 1.45. The van der Waals surface area contributed by atoms with Crippen molar-refractivity contribution in [3.63, 3.8) is 0 Å². The van der Waals surface area contributed by atoms with Crippen LogP contribution in [0.25, 0.3) is 0 Å². The van der Waals surface area contributed by atoms with Gasteiger partial charge in [-0.1, -0.05) is 40.2 Å². The number of morpholine rings is 1. The molecule has 7 nitrogen and oxygen atoms in total. The van der Waals surface area contributed by atoms with Crippen LogP contribution in [-0.2, 0) is 14.3 Å². The Morgan fingerprint density at radius 2 is 1.84 bits per heavy atom. The lowest BCUT2D eigenvalue weighted by Crippen LogP contribution is -2.54. The first-order chi connectivity index (χ1) is 15.0. The fraction of sp³-hybridized carbons (Fsp3) is 0.391. The minimum atomic E-state index is -0.648. The van der Waals surface area contributed by atoms with E-state index in [4.69, 9.17) is 9.47 Å². The highest BCUT2D eigenvalue weighted by atomic mass is 79.9. The summed E-state index contributed by atoms with van der Waals surface area (Å²) in [4.78, 5) is 29.5. The van der Waals surface area contributed by atoms with E-state index in [0.29, 0.717) is 38.6 Å². The van der Waals surface area contributed by atoms with E-state index >= 15 is 0 Å². The Morgan fingerprint density at radius 1 is 1.13 bits per heavy atom. The van der Waals surface area contributed by atoms with Crippen LogP contribution in [-0.4, -0.2) is 62.2 Å². The molecular formula is C23H26BrN3O4. The number of carbonyl (C=O) groups is 2. The van der Waals surface area contributed by atoms with Crippen LogP contribution in [0.15, 0.2) is 53.0 Å². The maximum atomic E-state index is 13.0. The first-order valence-corrected chi connectivity index (χ1v) is 11.2. The van der Waals surface area contributed by atoms with Gasteiger partial charge >= 0.3 is 0 Å². The molecule has 1 saturated heterocycles. The first-order valence-electron chi connectivity index (χ1n) is 10.4. The highest BCUT2D eigenvalue weighted by Crippen LogP contribution is 2.33. The molecule has 0 saturated carbocycles. The van der Waals surface area contributed by atoms with E-state index < -0.39 is 6.10 Å². The molecule has 4 rings (SSSR count). The third kappa shape index (κ3) is 5.19. The molecule has 1 fully saturated rings. The van der Waals surface area contributed by atoms with Gasteiger partial charge in [0.05, 0.1) is 38.0 Å². The minimum absolute atomic E-state index is 0.0635. The van der Waals surface area contributed by atoms with Crippen LogP contribution in [0.3, 0.4) is 0 Å². The van der Waals surface area contributed by atoms with Gasteiger partial charge < -0.3 is 24.6 Å². The van der Waals surface area contributed by atoms with Crippen molar-refractivity contribution >= 4 is 33.4 Å². The van der Waals surface area contributed by atoms with Gasteiger partial charge in [-0.3, -0.25) is 9.59 Å². The van der Waals surface area contributed by atoms with Crippen molar-refractivity contribution in [1.29, 1.82) is 0 Å². The van der Waals surface area contributed by atoms with E-state index in [2.05, 4.69) is 21.2 Å². The van der Waals surface area contributed by atoms with E-state index in [1.807, 2.05) is 60.4 Å². The predicted octanol–water partition coefficient (Wildman–Crippen LogP) is 2.75. The molecule has 2 heterocycles. The zero-order chi connectivity index (χ0) is 21.8. The van der Waals surface area contributed by atoms with Crippen LogP contribution in [0, 0.1) is 0 Å². The second kappa shape index (κ2) is 9.70. The Kier molecular flexibility index (Phi) is 6.77. The number of carbonyl (C=O) groups excluding carboxylic acids is 2. The molecule has 2 unspecified atom stereocenters. The summed E-state index contributed by atoms with van der Waals surface area (Å²) >= 11 is 3.43. The van der Waals surface area contributed by atoms with Crippen molar-refractivity contribution in [2.45, 2.75) is 19.1 Å².